The molecule has 7 amide bonds. The molecule has 1 saturated heterocycles. The number of para-hydroxylation sites is 2. The van der Waals surface area contributed by atoms with Crippen LogP contribution >= 0.6 is 11.8 Å². The number of rotatable bonds is 51. The monoisotopic (exact) mass is 1620 g/mol. The number of aryl methyl sites for hydroxylation is 2. The predicted octanol–water partition coefficient (Wildman–Crippen LogP) is 6.12. The molecule has 116 heavy (non-hydrogen) atoms. The van der Waals surface area contributed by atoms with E-state index in [0.29, 0.717) is 41.0 Å². The molecule has 6 aromatic rings. The Balaban J connectivity index is 1.07. The summed E-state index contributed by atoms with van der Waals surface area (Å²) in [7, 11) is 1.72. The summed E-state index contributed by atoms with van der Waals surface area (Å²) < 4.78 is 1.53. The third kappa shape index (κ3) is 28.8. The molecular formula is C84H115N15O16S. The maximum Gasteiger partial charge on any atom is 0.326 e. The van der Waals surface area contributed by atoms with Crippen molar-refractivity contribution in [3.8, 4) is 0 Å². The number of nitrogens with zero attached hydrogens (tertiary/aromatic N) is 5. The van der Waals surface area contributed by atoms with E-state index in [2.05, 4.69) is 57.2 Å². The number of carboxylic acid groups (broad SMARTS) is 2. The van der Waals surface area contributed by atoms with E-state index in [9.17, 15) is 63.0 Å². The van der Waals surface area contributed by atoms with Gasteiger partial charge in [-0.3, -0.25) is 72.0 Å². The quantitative estimate of drug-likeness (QED) is 0.0116. The highest BCUT2D eigenvalue weighted by Crippen LogP contribution is 2.28. The van der Waals surface area contributed by atoms with Gasteiger partial charge in [0.05, 0.1) is 42.2 Å². The van der Waals surface area contributed by atoms with Gasteiger partial charge in [0.15, 0.2) is 29.1 Å². The number of aliphatic imine (C=N–C) groups is 1. The lowest BCUT2D eigenvalue weighted by Crippen LogP contribution is -2.56. The first-order valence-corrected chi connectivity index (χ1v) is 41.3. The van der Waals surface area contributed by atoms with Crippen LogP contribution in [0.15, 0.2) is 102 Å². The summed E-state index contributed by atoms with van der Waals surface area (Å²) in [5.41, 5.74) is 15.4. The average molecular weight is 1620 g/mol. The first-order chi connectivity index (χ1) is 55.2. The number of fused-ring (bicyclic) bond motifs is 2. The number of aromatic amines is 2. The lowest BCUT2D eigenvalue weighted by Gasteiger charge is -2.31. The number of aliphatic carboxylic acids is 2. The van der Waals surface area contributed by atoms with Gasteiger partial charge < -0.3 is 68.4 Å². The topological polar surface area (TPSA) is 482 Å². The molecule has 0 saturated carbocycles. The van der Waals surface area contributed by atoms with Crippen molar-refractivity contribution in [3.05, 3.63) is 120 Å². The van der Waals surface area contributed by atoms with E-state index >= 15 is 14.4 Å². The molecule has 3 aromatic carbocycles. The minimum absolute atomic E-state index is 0.0380. The smallest absolute Gasteiger partial charge is 0.326 e. The van der Waals surface area contributed by atoms with Gasteiger partial charge in [0.25, 0.3) is 0 Å². The molecule has 4 heterocycles. The summed E-state index contributed by atoms with van der Waals surface area (Å²) in [6.07, 6.45) is 5.27. The molecule has 0 bridgehead atoms. The maximum atomic E-state index is 15.2. The summed E-state index contributed by atoms with van der Waals surface area (Å²) in [5.74, 6) is -15.6. The number of carboxylic acids is 2. The Kier molecular flexibility index (Phi) is 36.1. The first-order valence-electron chi connectivity index (χ1n) is 39.9. The van der Waals surface area contributed by atoms with Gasteiger partial charge in [0.2, 0.25) is 41.4 Å². The predicted molar refractivity (Wildman–Crippen MR) is 439 cm³/mol. The number of amides is 7. The van der Waals surface area contributed by atoms with E-state index in [0.717, 1.165) is 21.8 Å². The zero-order chi connectivity index (χ0) is 84.9. The summed E-state index contributed by atoms with van der Waals surface area (Å²) in [6, 6.07) is 14.7. The number of carbonyl (C=O) groups excluding carboxylic acids is 12. The number of hydrogen-bond acceptors (Lipinski definition) is 18. The largest absolute Gasteiger partial charge is 0.481 e. The van der Waals surface area contributed by atoms with Crippen molar-refractivity contribution in [2.75, 3.05) is 25.1 Å². The Morgan fingerprint density at radius 3 is 1.66 bits per heavy atom. The van der Waals surface area contributed by atoms with Crippen LogP contribution in [-0.2, 0) is 99.9 Å². The molecule has 0 unspecified atom stereocenters. The van der Waals surface area contributed by atoms with Gasteiger partial charge in [0, 0.05) is 136 Å². The van der Waals surface area contributed by atoms with Gasteiger partial charge >= 0.3 is 11.9 Å². The molecule has 7 rings (SSSR count). The molecule has 3 aromatic heterocycles. The molecule has 1 fully saturated rings. The number of thioether (sulfide) groups is 1. The summed E-state index contributed by atoms with van der Waals surface area (Å²) in [5, 5.41) is 46.3. The van der Waals surface area contributed by atoms with Gasteiger partial charge in [-0.25, -0.2) is 4.79 Å². The van der Waals surface area contributed by atoms with Crippen molar-refractivity contribution in [1.29, 1.82) is 0 Å². The first kappa shape index (κ1) is 92.3. The standard InChI is InChI=1S/C84H115N15O16S/c1-48(2)35-64(73(104)43-55(44-75(106)107)80(111)94-68(83(114)115)40-57-46-89-63-25-16-14-23-61(57)63)90-77(108)51(7)37-70(101)67(39-56-45-88-62-24-15-13-22-60(56)62)92-79(110)54(31-34-116-9)42-72(103)66(38-52-19-11-10-12-20-52)91-78(109)53(21-17-32-87-84(85)86)41-71(102)65(36-49(3)4)93-81(112)69-26-18-33-99(69)82(113)76(50(5)6)95-74(105)30-29-59(100)28-27-58-47-98(8)97-96-58/h10-16,19-20,22-25,45-51,53-55,64-69,76,88-89H,17-18,21,26-44H2,1-9H3,(H,90,108)(H,91,109)(H,92,110)(H,93,112)(H,94,111)(H,95,105)(H,106,107)(H,114,115)(H4,85,86,87)/t51-,53-,54-,55+,64+,65-,66+,67+,68+,69+,76+/m1/s1. The van der Waals surface area contributed by atoms with Gasteiger partial charge in [-0.15, -0.1) is 5.10 Å². The van der Waals surface area contributed by atoms with Gasteiger partial charge in [-0.05, 0) is 116 Å². The van der Waals surface area contributed by atoms with Crippen LogP contribution in [0.2, 0.25) is 0 Å². The number of nitrogens with one attached hydrogen (secondary N) is 8. The molecule has 628 valence electrons. The van der Waals surface area contributed by atoms with Crippen molar-refractivity contribution in [2.45, 2.75) is 213 Å². The molecule has 1 aliphatic heterocycles. The molecule has 31 nitrogen and oxygen atoms in total. The Morgan fingerprint density at radius 1 is 0.586 bits per heavy atom. The van der Waals surface area contributed by atoms with Crippen LogP contribution in [0.25, 0.3) is 21.8 Å². The minimum atomic E-state index is -1.54. The molecule has 0 spiro atoms. The third-order valence-electron chi connectivity index (χ3n) is 20.9. The fourth-order valence-corrected chi connectivity index (χ4v) is 15.1. The average Bonchev–Trinajstić information content (AvgIpc) is 1.73. The number of hydrogen-bond donors (Lipinski definition) is 12. The van der Waals surface area contributed by atoms with Crippen LogP contribution in [0.4, 0.5) is 0 Å². The Hall–Kier alpha value is -10.9. The lowest BCUT2D eigenvalue weighted by atomic mass is 9.88. The molecular weight excluding hydrogens is 1510 g/mol. The third-order valence-corrected chi connectivity index (χ3v) is 21.5. The highest BCUT2D eigenvalue weighted by molar-refractivity contribution is 7.98. The Labute approximate surface area is 680 Å². The number of nitrogens with two attached hydrogens (primary N) is 2. The number of carbonyl (C=O) groups is 14. The fourth-order valence-electron chi connectivity index (χ4n) is 14.5. The molecule has 0 aliphatic carbocycles. The van der Waals surface area contributed by atoms with Gasteiger partial charge in [-0.2, -0.15) is 11.8 Å². The van der Waals surface area contributed by atoms with Crippen LogP contribution in [-0.4, -0.2) is 196 Å². The minimum Gasteiger partial charge on any atom is -0.481 e. The van der Waals surface area contributed by atoms with Crippen molar-refractivity contribution >= 4 is 122 Å². The number of aromatic nitrogens is 5. The highest BCUT2D eigenvalue weighted by Gasteiger charge is 2.42. The van der Waals surface area contributed by atoms with E-state index < -0.39 is 180 Å². The Morgan fingerprint density at radius 2 is 1.10 bits per heavy atom. The van der Waals surface area contributed by atoms with Crippen LogP contribution in [0.1, 0.15) is 167 Å². The number of Topliss-reactive ketones (excluding diaryl/α,β-unsaturated/α-hetero) is 5. The zero-order valence-electron chi connectivity index (χ0n) is 67.8. The zero-order valence-corrected chi connectivity index (χ0v) is 68.6. The van der Waals surface area contributed by atoms with Crippen molar-refractivity contribution in [3.63, 3.8) is 0 Å². The molecule has 32 heteroatoms. The maximum absolute atomic E-state index is 15.2. The Bertz CT molecular complexity index is 4430. The number of guanidine groups is 1. The fraction of sp³-hybridized carbons (Fsp3) is 0.536. The SMILES string of the molecule is CSCC[C@H](CC(=O)[C@H](Cc1ccccc1)NC(=O)[C@H](CCCN=C(N)N)CC(=O)[C@@H](CC(C)C)NC(=O)[C@@H]1CCCN1C(=O)[C@@H](NC(=O)CCC(=O)CCc1cn(C)nn1)C(C)C)C(=O)N[C@@H](Cc1c[nH]c2ccccc12)C(=O)C[C@@H](C)C(=O)N[C@@H](CC(C)C)C(=O)C[C@@H](CC(=O)O)C(=O)N[C@@H](Cc1c[nH]c2ccccc12)C(=O)O. The van der Waals surface area contributed by atoms with Crippen molar-refractivity contribution < 1.29 is 77.3 Å². The highest BCUT2D eigenvalue weighted by atomic mass is 32.2. The normalized spacial score (nSPS) is 15.4. The second-order valence-corrected chi connectivity index (χ2v) is 32.6. The number of benzene rings is 3. The second kappa shape index (κ2) is 45.4. The van der Waals surface area contributed by atoms with E-state index in [1.54, 1.807) is 108 Å². The number of likely N-dealkylation sites (tertiary alicyclic amines) is 1. The van der Waals surface area contributed by atoms with Crippen LogP contribution < -0.4 is 43.4 Å². The van der Waals surface area contributed by atoms with Gasteiger partial charge in [-0.1, -0.05) is 120 Å². The number of ketones is 5. The molecule has 11 atom stereocenters. The van der Waals surface area contributed by atoms with E-state index in [1.807, 2.05) is 44.4 Å². The summed E-state index contributed by atoms with van der Waals surface area (Å²) in [4.78, 5) is 210. The van der Waals surface area contributed by atoms with E-state index in [4.69, 9.17) is 11.5 Å². The molecule has 0 radical (unpaired) electrons. The van der Waals surface area contributed by atoms with Gasteiger partial charge in [0.1, 0.15) is 23.9 Å². The number of H-pyrrole nitrogens is 2. The van der Waals surface area contributed by atoms with Crippen molar-refractivity contribution in [2.24, 2.45) is 64.9 Å². The molecule has 14 N–H and O–H groups in total. The van der Waals surface area contributed by atoms with E-state index in [-0.39, 0.29) is 114 Å². The second-order valence-electron chi connectivity index (χ2n) is 31.6. The van der Waals surface area contributed by atoms with Crippen molar-refractivity contribution in [1.82, 2.24) is 61.8 Å². The van der Waals surface area contributed by atoms with E-state index in [1.165, 1.54) is 28.3 Å². The summed E-state index contributed by atoms with van der Waals surface area (Å²) >= 11 is 1.41. The lowest BCUT2D eigenvalue weighted by molar-refractivity contribution is -0.144. The van der Waals surface area contributed by atoms with Crippen LogP contribution in [0, 0.1) is 41.4 Å². The summed E-state index contributed by atoms with van der Waals surface area (Å²) in [6.45, 7) is 12.5. The van der Waals surface area contributed by atoms with Crippen LogP contribution in [0.3, 0.4) is 0 Å². The van der Waals surface area contributed by atoms with Crippen LogP contribution in [0.5, 0.6) is 0 Å². The molecule has 1 aliphatic rings.